The van der Waals surface area contributed by atoms with Crippen molar-refractivity contribution in [2.75, 3.05) is 0 Å². The maximum absolute atomic E-state index is 2.71. The summed E-state index contributed by atoms with van der Waals surface area (Å²) in [6, 6.07) is 16.0. The van der Waals surface area contributed by atoms with E-state index < -0.39 is 20.4 Å². The molecule has 0 heterocycles. The second-order valence-corrected chi connectivity index (χ2v) is 26.8. The van der Waals surface area contributed by atoms with Crippen LogP contribution in [0, 0.1) is 19.8 Å². The average Bonchev–Trinajstić information content (AvgIpc) is 3.16. The van der Waals surface area contributed by atoms with E-state index in [4.69, 9.17) is 0 Å². The van der Waals surface area contributed by atoms with Gasteiger partial charge >= 0.3 is 192 Å². The van der Waals surface area contributed by atoms with E-state index in [9.17, 15) is 0 Å². The van der Waals surface area contributed by atoms with Crippen LogP contribution in [0.3, 0.4) is 0 Å². The van der Waals surface area contributed by atoms with Crippen LogP contribution in [0.15, 0.2) is 68.5 Å². The van der Waals surface area contributed by atoms with Gasteiger partial charge in [-0.2, -0.15) is 0 Å². The minimum atomic E-state index is -1.92. The molecule has 2 aliphatic rings. The van der Waals surface area contributed by atoms with Gasteiger partial charge in [0.15, 0.2) is 0 Å². The molecule has 4 heteroatoms. The van der Waals surface area contributed by atoms with E-state index in [1.807, 2.05) is 3.28 Å². The normalized spacial score (nSPS) is 19.3. The molecule has 0 bridgehead atoms. The summed E-state index contributed by atoms with van der Waals surface area (Å²) in [5, 5.41) is 0. The molecule has 4 rings (SSSR count). The van der Waals surface area contributed by atoms with Crippen LogP contribution in [0.2, 0.25) is 13.1 Å². The molecule has 0 radical (unpaired) electrons. The van der Waals surface area contributed by atoms with Crippen molar-refractivity contribution in [2.45, 2.75) is 58.3 Å². The molecule has 0 amide bonds. The van der Waals surface area contributed by atoms with Crippen molar-refractivity contribution in [3.63, 3.8) is 0 Å². The summed E-state index contributed by atoms with van der Waals surface area (Å²) < 4.78 is 2.58. The topological polar surface area (TPSA) is 0 Å². The molecule has 2 atom stereocenters. The molecule has 0 aromatic heterocycles. The van der Waals surface area contributed by atoms with Gasteiger partial charge in [0.05, 0.1) is 0 Å². The monoisotopic (exact) mass is 560 g/mol. The molecular formula is C28H36Cl2SiZr. The molecule has 0 nitrogen and oxygen atoms in total. The van der Waals surface area contributed by atoms with Crippen molar-refractivity contribution in [3.8, 4) is 0 Å². The average molecular weight is 563 g/mol. The molecule has 0 spiro atoms. The van der Waals surface area contributed by atoms with Gasteiger partial charge in [-0.05, 0) is 0 Å². The predicted octanol–water partition coefficient (Wildman–Crippen LogP) is 8.76. The van der Waals surface area contributed by atoms with Crippen molar-refractivity contribution in [2.24, 2.45) is 5.92 Å². The van der Waals surface area contributed by atoms with Gasteiger partial charge in [0.2, 0.25) is 0 Å². The Hall–Kier alpha value is -0.660. The van der Waals surface area contributed by atoms with Gasteiger partial charge in [0.25, 0.3) is 0 Å². The second-order valence-electron chi connectivity index (χ2n) is 9.39. The molecule has 0 aliphatic heterocycles. The summed E-state index contributed by atoms with van der Waals surface area (Å²) in [6.45, 7) is 19.4. The SMILES string of the molecule is CC1=C(C)C(C)[C]([Zr]([CH]2C=C(c3c(C)cccc3C)c3ccccc32)=[Si](C)C)=C1C.Cl.Cl. The van der Waals surface area contributed by atoms with E-state index >= 15 is 0 Å². The predicted molar refractivity (Wildman–Crippen MR) is 144 cm³/mol. The third-order valence-electron chi connectivity index (χ3n) is 7.45. The van der Waals surface area contributed by atoms with Crippen LogP contribution >= 0.6 is 24.8 Å². The second kappa shape index (κ2) is 10.7. The summed E-state index contributed by atoms with van der Waals surface area (Å²) in [5.41, 5.74) is 13.4. The quantitative estimate of drug-likeness (QED) is 0.328. The van der Waals surface area contributed by atoms with Crippen LogP contribution in [0.4, 0.5) is 0 Å². The van der Waals surface area contributed by atoms with E-state index in [1.165, 1.54) is 27.8 Å². The standard InChI is InChI=1S/C17H15.C9H13.C2H6Si.2ClH.Zr/c1-12-6-5-7-13(2)17(12)16-11-10-14-8-3-4-9-15(14)16;1-6-5-7(2)9(4)8(6)3;1-3-2;;;/h3-11H,1-2H3;6H,1-4H3;1-2H3;2*1H;. The van der Waals surface area contributed by atoms with Crippen LogP contribution in [0.5, 0.6) is 0 Å². The van der Waals surface area contributed by atoms with E-state index in [-0.39, 0.29) is 30.2 Å². The molecule has 0 fully saturated rings. The van der Waals surface area contributed by atoms with E-state index in [2.05, 4.69) is 103 Å². The number of fused-ring (bicyclic) bond motifs is 1. The van der Waals surface area contributed by atoms with Crippen molar-refractivity contribution in [1.29, 1.82) is 0 Å². The third kappa shape index (κ3) is 4.50. The Bertz CT molecular complexity index is 1160. The number of aryl methyl sites for hydroxylation is 2. The molecule has 2 aromatic rings. The first-order valence-corrected chi connectivity index (χ1v) is 20.0. The van der Waals surface area contributed by atoms with Crippen molar-refractivity contribution >= 4 is 35.8 Å². The van der Waals surface area contributed by atoms with Gasteiger partial charge in [0, 0.05) is 0 Å². The smallest absolute Gasteiger partial charge is 0.147 e. The zero-order valence-electron chi connectivity index (χ0n) is 20.6. The molecule has 32 heavy (non-hydrogen) atoms. The molecule has 2 aliphatic carbocycles. The van der Waals surface area contributed by atoms with E-state index in [0.717, 1.165) is 0 Å². The summed E-state index contributed by atoms with van der Waals surface area (Å²) in [7, 11) is 0. The zero-order valence-corrected chi connectivity index (χ0v) is 25.7. The maximum atomic E-state index is 2.71. The van der Waals surface area contributed by atoms with E-state index in [0.29, 0.717) is 9.54 Å². The summed E-state index contributed by atoms with van der Waals surface area (Å²) in [4.78, 5) is 0. The van der Waals surface area contributed by atoms with Crippen molar-refractivity contribution < 1.29 is 20.4 Å². The zero-order chi connectivity index (χ0) is 21.7. The number of hydrogen-bond acceptors (Lipinski definition) is 0. The van der Waals surface area contributed by atoms with Gasteiger partial charge < -0.3 is 0 Å². The first kappa shape index (κ1) is 27.6. The Labute approximate surface area is 215 Å². The third-order valence-corrected chi connectivity index (χ3v) is 26.0. The van der Waals surface area contributed by atoms with Crippen molar-refractivity contribution in [1.82, 2.24) is 0 Å². The fraction of sp³-hybridized carbons (Fsp3) is 0.357. The number of rotatable bonds is 3. The van der Waals surface area contributed by atoms with Gasteiger partial charge in [-0.1, -0.05) is 0 Å². The van der Waals surface area contributed by atoms with Gasteiger partial charge in [-0.15, -0.1) is 24.8 Å². The molecule has 170 valence electrons. The molecule has 0 N–H and O–H groups in total. The first-order valence-electron chi connectivity index (χ1n) is 11.2. The minimum absolute atomic E-state index is 0. The number of halogens is 2. The Morgan fingerprint density at radius 1 is 0.781 bits per heavy atom. The summed E-state index contributed by atoms with van der Waals surface area (Å²) >= 11 is -1.92. The van der Waals surface area contributed by atoms with Crippen LogP contribution in [0.25, 0.3) is 5.57 Å². The Morgan fingerprint density at radius 2 is 1.38 bits per heavy atom. The Balaban J connectivity index is 0.00000181. The molecule has 0 saturated heterocycles. The first-order chi connectivity index (χ1) is 14.2. The molecule has 2 unspecified atom stereocenters. The summed E-state index contributed by atoms with van der Waals surface area (Å²) in [6.07, 6.45) is 2.71. The minimum Gasteiger partial charge on any atom is -0.147 e. The van der Waals surface area contributed by atoms with Gasteiger partial charge in [-0.3, -0.25) is 0 Å². The number of hydrogen-bond donors (Lipinski definition) is 0. The largest absolute Gasteiger partial charge is 0.147 e. The maximum Gasteiger partial charge on any atom is -0.147 e. The van der Waals surface area contributed by atoms with Crippen LogP contribution in [0.1, 0.15) is 59.1 Å². The molecule has 2 aromatic carbocycles. The van der Waals surface area contributed by atoms with Gasteiger partial charge in [0.1, 0.15) is 0 Å². The van der Waals surface area contributed by atoms with E-state index in [1.54, 1.807) is 22.3 Å². The number of allylic oxidation sites excluding steroid dienone is 5. The molecule has 0 saturated carbocycles. The fourth-order valence-electron chi connectivity index (χ4n) is 5.60. The van der Waals surface area contributed by atoms with Gasteiger partial charge in [-0.25, -0.2) is 0 Å². The Kier molecular flexibility index (Phi) is 9.25. The summed E-state index contributed by atoms with van der Waals surface area (Å²) in [5.74, 6) is 0.657. The van der Waals surface area contributed by atoms with Crippen LogP contribution < -0.4 is 0 Å². The fourth-order valence-corrected chi connectivity index (χ4v) is 25.3. The van der Waals surface area contributed by atoms with Crippen LogP contribution in [-0.2, 0) is 20.4 Å². The number of benzene rings is 2. The van der Waals surface area contributed by atoms with Crippen molar-refractivity contribution in [3.05, 3.63) is 96.4 Å². The molecular weight excluding hydrogens is 527 g/mol. The Morgan fingerprint density at radius 3 is 1.91 bits per heavy atom. The van der Waals surface area contributed by atoms with Crippen LogP contribution in [-0.4, -0.2) is 5.43 Å².